The summed E-state index contributed by atoms with van der Waals surface area (Å²) in [5.41, 5.74) is 4.19. The second-order valence-corrected chi connectivity index (χ2v) is 11.7. The van der Waals surface area contributed by atoms with Crippen molar-refractivity contribution in [3.05, 3.63) is 124 Å². The van der Waals surface area contributed by atoms with Gasteiger partial charge in [-0.25, -0.2) is 9.79 Å². The van der Waals surface area contributed by atoms with Gasteiger partial charge in [-0.2, -0.15) is 5.26 Å². The molecule has 1 aromatic heterocycles. The molecule has 1 aliphatic rings. The lowest BCUT2D eigenvalue weighted by Gasteiger charge is -2.24. The smallest absolute Gasteiger partial charge is 0.338 e. The fourth-order valence-electron chi connectivity index (χ4n) is 4.90. The number of aryl methyl sites for hydroxylation is 1. The second kappa shape index (κ2) is 12.8. The molecule has 2 heterocycles. The molecule has 0 amide bonds. The number of nitriles is 1. The average molecular weight is 659 g/mol. The summed E-state index contributed by atoms with van der Waals surface area (Å²) in [6.45, 7) is 5.81. The minimum atomic E-state index is -0.701. The van der Waals surface area contributed by atoms with Crippen LogP contribution in [0.5, 0.6) is 11.5 Å². The summed E-state index contributed by atoms with van der Waals surface area (Å²) in [5, 5.41) is 9.51. The van der Waals surface area contributed by atoms with Gasteiger partial charge in [-0.15, -0.1) is 0 Å². The number of esters is 1. The van der Waals surface area contributed by atoms with Gasteiger partial charge in [0.05, 0.1) is 47.2 Å². The fraction of sp³-hybridized carbons (Fsp3) is 0.212. The molecule has 0 spiro atoms. The molecule has 5 rings (SSSR count). The maximum Gasteiger partial charge on any atom is 0.338 e. The lowest BCUT2D eigenvalue weighted by Crippen LogP contribution is -2.39. The molecule has 10 heteroatoms. The lowest BCUT2D eigenvalue weighted by atomic mass is 9.95. The highest BCUT2D eigenvalue weighted by atomic mass is 79.9. The van der Waals surface area contributed by atoms with Crippen molar-refractivity contribution in [3.8, 4) is 17.6 Å². The van der Waals surface area contributed by atoms with Gasteiger partial charge in [-0.05, 0) is 50.6 Å². The molecule has 0 unspecified atom stereocenters. The highest BCUT2D eigenvalue weighted by Gasteiger charge is 2.33. The molecule has 0 saturated carbocycles. The van der Waals surface area contributed by atoms with Crippen molar-refractivity contribution in [1.29, 1.82) is 5.26 Å². The first-order valence-electron chi connectivity index (χ1n) is 13.5. The Balaban J connectivity index is 1.67. The van der Waals surface area contributed by atoms with Crippen molar-refractivity contribution < 1.29 is 19.0 Å². The molecule has 0 bridgehead atoms. The highest BCUT2D eigenvalue weighted by Crippen LogP contribution is 2.36. The number of allylic oxidation sites excluding steroid dienone is 1. The molecule has 1 aliphatic heterocycles. The van der Waals surface area contributed by atoms with E-state index in [1.165, 1.54) is 18.4 Å². The Hall–Kier alpha value is -4.46. The number of carbonyl (C=O) groups is 1. The standard InChI is InChI=1S/C33H28BrN3O5S/c1-5-41-32(39)28-20(3)36-33-37(29(28)21-12-10-19(2)11-13-21)31(38)27(43-33)15-24-14-25(34)16-26(40-4)30(24)42-18-23-9-7-6-8-22(23)17-35/h6-16,29H,5,18H2,1-4H3/b27-15-/t29-/m0/s1. The number of methoxy groups -OCH3 is 1. The molecule has 0 fully saturated rings. The fourth-order valence-corrected chi connectivity index (χ4v) is 6.40. The largest absolute Gasteiger partial charge is 0.493 e. The van der Waals surface area contributed by atoms with Crippen LogP contribution in [0.3, 0.4) is 0 Å². The molecule has 0 N–H and O–H groups in total. The molecule has 218 valence electrons. The number of rotatable bonds is 8. The van der Waals surface area contributed by atoms with Crippen molar-refractivity contribution in [2.75, 3.05) is 13.7 Å². The Bertz CT molecular complexity index is 1970. The predicted octanol–water partition coefficient (Wildman–Crippen LogP) is 5.33. The zero-order valence-electron chi connectivity index (χ0n) is 24.0. The van der Waals surface area contributed by atoms with Gasteiger partial charge in [0, 0.05) is 15.6 Å². The maximum absolute atomic E-state index is 14.1. The van der Waals surface area contributed by atoms with Crippen LogP contribution < -0.4 is 24.4 Å². The molecule has 1 atom stereocenters. The number of nitrogens with zero attached hydrogens (tertiary/aromatic N) is 3. The Morgan fingerprint density at radius 2 is 1.91 bits per heavy atom. The molecule has 8 nitrogen and oxygen atoms in total. The van der Waals surface area contributed by atoms with Crippen LogP contribution in [0.25, 0.3) is 6.08 Å². The van der Waals surface area contributed by atoms with Gasteiger partial charge in [0.2, 0.25) is 0 Å². The summed E-state index contributed by atoms with van der Waals surface area (Å²) in [5.74, 6) is 0.372. The molecular formula is C33H28BrN3O5S. The first-order valence-corrected chi connectivity index (χ1v) is 15.1. The van der Waals surface area contributed by atoms with Crippen molar-refractivity contribution in [2.24, 2.45) is 4.99 Å². The van der Waals surface area contributed by atoms with Gasteiger partial charge in [-0.3, -0.25) is 9.36 Å². The van der Waals surface area contributed by atoms with E-state index in [-0.39, 0.29) is 18.8 Å². The van der Waals surface area contributed by atoms with E-state index in [1.54, 1.807) is 42.7 Å². The van der Waals surface area contributed by atoms with Crippen LogP contribution >= 0.6 is 27.3 Å². The average Bonchev–Trinajstić information content (AvgIpc) is 3.30. The molecule has 0 radical (unpaired) electrons. The summed E-state index contributed by atoms with van der Waals surface area (Å²) < 4.78 is 19.9. The van der Waals surface area contributed by atoms with E-state index < -0.39 is 12.0 Å². The lowest BCUT2D eigenvalue weighted by molar-refractivity contribution is -0.139. The predicted molar refractivity (Wildman–Crippen MR) is 168 cm³/mol. The van der Waals surface area contributed by atoms with Crippen molar-refractivity contribution >= 4 is 39.3 Å². The number of hydrogen-bond acceptors (Lipinski definition) is 8. The molecule has 3 aromatic carbocycles. The zero-order chi connectivity index (χ0) is 30.7. The van der Waals surface area contributed by atoms with Crippen LogP contribution in [0.1, 0.15) is 47.7 Å². The quantitative estimate of drug-likeness (QED) is 0.237. The van der Waals surface area contributed by atoms with E-state index >= 15 is 0 Å². The number of ether oxygens (including phenoxy) is 3. The van der Waals surface area contributed by atoms with Gasteiger partial charge in [0.1, 0.15) is 6.61 Å². The molecule has 4 aromatic rings. The number of hydrogen-bond donors (Lipinski definition) is 0. The third-order valence-corrected chi connectivity index (χ3v) is 8.42. The zero-order valence-corrected chi connectivity index (χ0v) is 26.4. The van der Waals surface area contributed by atoms with Gasteiger partial charge in [-0.1, -0.05) is 75.3 Å². The van der Waals surface area contributed by atoms with Crippen molar-refractivity contribution in [3.63, 3.8) is 0 Å². The van der Waals surface area contributed by atoms with Gasteiger partial charge < -0.3 is 14.2 Å². The second-order valence-electron chi connectivity index (χ2n) is 9.80. The monoisotopic (exact) mass is 657 g/mol. The van der Waals surface area contributed by atoms with Crippen molar-refractivity contribution in [2.45, 2.75) is 33.4 Å². The Morgan fingerprint density at radius 3 is 2.60 bits per heavy atom. The summed E-state index contributed by atoms with van der Waals surface area (Å²) in [7, 11) is 1.54. The van der Waals surface area contributed by atoms with Gasteiger partial charge in [0.15, 0.2) is 16.3 Å². The number of carbonyl (C=O) groups excluding carboxylic acids is 1. The van der Waals surface area contributed by atoms with Gasteiger partial charge in [0.25, 0.3) is 5.56 Å². The van der Waals surface area contributed by atoms with E-state index in [4.69, 9.17) is 14.2 Å². The van der Waals surface area contributed by atoms with E-state index in [2.05, 4.69) is 27.0 Å². The number of aromatic nitrogens is 1. The summed E-state index contributed by atoms with van der Waals surface area (Å²) in [6, 6.07) is 20.0. The van der Waals surface area contributed by atoms with Crippen LogP contribution in [0.2, 0.25) is 0 Å². The first-order chi connectivity index (χ1) is 20.7. The maximum atomic E-state index is 14.1. The molecule has 0 aliphatic carbocycles. The van der Waals surface area contributed by atoms with Crippen LogP contribution in [-0.2, 0) is 16.1 Å². The van der Waals surface area contributed by atoms with Crippen LogP contribution in [0.15, 0.2) is 86.2 Å². The van der Waals surface area contributed by atoms with E-state index in [0.29, 0.717) is 43.2 Å². The SMILES string of the molecule is CCOC(=O)C1=C(C)N=c2s/c(=C\c3cc(Br)cc(OC)c3OCc3ccccc3C#N)c(=O)n2[C@H]1c1ccc(C)cc1. The third-order valence-electron chi connectivity index (χ3n) is 6.97. The highest BCUT2D eigenvalue weighted by molar-refractivity contribution is 9.10. The topological polar surface area (TPSA) is 103 Å². The minimum absolute atomic E-state index is 0.124. The number of benzene rings is 3. The van der Waals surface area contributed by atoms with E-state index in [0.717, 1.165) is 21.2 Å². The van der Waals surface area contributed by atoms with Crippen LogP contribution in [0, 0.1) is 18.3 Å². The summed E-state index contributed by atoms with van der Waals surface area (Å²) in [4.78, 5) is 32.4. The number of halogens is 1. The molecule has 0 saturated heterocycles. The summed E-state index contributed by atoms with van der Waals surface area (Å²) in [6.07, 6.45) is 1.73. The third kappa shape index (κ3) is 6.05. The van der Waals surface area contributed by atoms with Crippen molar-refractivity contribution in [1.82, 2.24) is 4.57 Å². The number of fused-ring (bicyclic) bond motifs is 1. The molecular weight excluding hydrogens is 630 g/mol. The Morgan fingerprint density at radius 1 is 1.16 bits per heavy atom. The normalized spacial score (nSPS) is 14.5. The van der Waals surface area contributed by atoms with E-state index in [1.807, 2.05) is 49.4 Å². The first kappa shape index (κ1) is 30.0. The Kier molecular flexibility index (Phi) is 8.94. The number of thiazole rings is 1. The van der Waals surface area contributed by atoms with Gasteiger partial charge >= 0.3 is 5.97 Å². The minimum Gasteiger partial charge on any atom is -0.493 e. The Labute approximate surface area is 260 Å². The molecule has 43 heavy (non-hydrogen) atoms. The van der Waals surface area contributed by atoms with E-state index in [9.17, 15) is 14.9 Å². The van der Waals surface area contributed by atoms with Crippen LogP contribution in [-0.4, -0.2) is 24.3 Å². The summed E-state index contributed by atoms with van der Waals surface area (Å²) >= 11 is 4.76. The van der Waals surface area contributed by atoms with Crippen LogP contribution in [0.4, 0.5) is 0 Å².